The summed E-state index contributed by atoms with van der Waals surface area (Å²) in [6.45, 7) is 1.38. The van der Waals surface area contributed by atoms with Gasteiger partial charge in [0.25, 0.3) is 0 Å². The van der Waals surface area contributed by atoms with Crippen LogP contribution in [-0.2, 0) is 4.79 Å². The summed E-state index contributed by atoms with van der Waals surface area (Å²) in [4.78, 5) is 22.7. The molecule has 0 aliphatic carbocycles. The number of hydrogen-bond acceptors (Lipinski definition) is 5. The number of aromatic nitrogens is 1. The number of rotatable bonds is 9. The molecule has 2 aromatic carbocycles. The number of likely N-dealkylation sites (N-methyl/N-ethyl adjacent to an activating group) is 1. The van der Waals surface area contributed by atoms with Crippen molar-refractivity contribution in [3.63, 3.8) is 0 Å². The molecule has 1 aromatic heterocycles. The van der Waals surface area contributed by atoms with Crippen molar-refractivity contribution in [1.29, 1.82) is 0 Å². The highest BCUT2D eigenvalue weighted by molar-refractivity contribution is 7.99. The summed E-state index contributed by atoms with van der Waals surface area (Å²) in [6, 6.07) is 13.5. The highest BCUT2D eigenvalue weighted by Crippen LogP contribution is 2.33. The molecule has 0 atom stereocenters. The molecule has 29 heavy (non-hydrogen) atoms. The van der Waals surface area contributed by atoms with Crippen LogP contribution in [0.15, 0.2) is 47.4 Å². The normalized spacial score (nSPS) is 11.3. The zero-order valence-corrected chi connectivity index (χ0v) is 19.5. The van der Waals surface area contributed by atoms with Gasteiger partial charge in [-0.2, -0.15) is 0 Å². The zero-order valence-electron chi connectivity index (χ0n) is 16.4. The fourth-order valence-corrected chi connectivity index (χ4v) is 5.01. The molecule has 154 valence electrons. The van der Waals surface area contributed by atoms with Crippen LogP contribution in [0.3, 0.4) is 0 Å². The fraction of sp³-hybridized carbons (Fsp3) is 0.333. The third-order valence-electron chi connectivity index (χ3n) is 4.28. The molecule has 4 nitrogen and oxygen atoms in total. The average molecular weight is 468 g/mol. The van der Waals surface area contributed by atoms with E-state index in [9.17, 15) is 4.79 Å². The third kappa shape index (κ3) is 6.33. The van der Waals surface area contributed by atoms with Crippen molar-refractivity contribution in [2.45, 2.75) is 17.7 Å². The number of benzene rings is 2. The van der Waals surface area contributed by atoms with E-state index in [1.165, 1.54) is 11.3 Å². The maximum atomic E-state index is 13.0. The van der Waals surface area contributed by atoms with Gasteiger partial charge < -0.3 is 4.90 Å². The van der Waals surface area contributed by atoms with Crippen LogP contribution in [0.4, 0.5) is 5.13 Å². The van der Waals surface area contributed by atoms with E-state index >= 15 is 0 Å². The average Bonchev–Trinajstić information content (AvgIpc) is 3.12. The molecule has 0 saturated carbocycles. The minimum Gasteiger partial charge on any atom is -0.308 e. The third-order valence-corrected chi connectivity index (χ3v) is 6.98. The maximum absolute atomic E-state index is 13.0. The number of fused-ring (bicyclic) bond motifs is 1. The summed E-state index contributed by atoms with van der Waals surface area (Å²) in [6.07, 6.45) is 1.29. The first-order valence-electron chi connectivity index (χ1n) is 9.32. The molecule has 8 heteroatoms. The minimum absolute atomic E-state index is 0.0961. The highest BCUT2D eigenvalue weighted by atomic mass is 35.5. The Bertz CT molecular complexity index is 960. The van der Waals surface area contributed by atoms with Crippen molar-refractivity contribution < 1.29 is 4.79 Å². The molecular weight excluding hydrogens is 445 g/mol. The Hall–Kier alpha value is -1.31. The van der Waals surface area contributed by atoms with Crippen LogP contribution in [-0.4, -0.2) is 48.7 Å². The second kappa shape index (κ2) is 10.6. The van der Waals surface area contributed by atoms with Crippen LogP contribution in [0.2, 0.25) is 10.0 Å². The van der Waals surface area contributed by atoms with Gasteiger partial charge in [0.1, 0.15) is 5.52 Å². The van der Waals surface area contributed by atoms with E-state index in [1.54, 1.807) is 16.7 Å². The van der Waals surface area contributed by atoms with Gasteiger partial charge in [-0.1, -0.05) is 40.6 Å². The van der Waals surface area contributed by atoms with E-state index < -0.39 is 0 Å². The van der Waals surface area contributed by atoms with E-state index in [-0.39, 0.29) is 5.91 Å². The predicted molar refractivity (Wildman–Crippen MR) is 127 cm³/mol. The zero-order chi connectivity index (χ0) is 20.8. The number of thiazole rings is 1. The molecule has 0 saturated heterocycles. The van der Waals surface area contributed by atoms with Gasteiger partial charge in [-0.3, -0.25) is 9.69 Å². The molecular formula is C21H23Cl2N3OS2. The topological polar surface area (TPSA) is 36.4 Å². The molecule has 0 N–H and O–H groups in total. The maximum Gasteiger partial charge on any atom is 0.228 e. The number of para-hydroxylation sites is 1. The Morgan fingerprint density at radius 1 is 1.10 bits per heavy atom. The first kappa shape index (κ1) is 22.4. The van der Waals surface area contributed by atoms with Gasteiger partial charge >= 0.3 is 0 Å². The quantitative estimate of drug-likeness (QED) is 0.282. The monoisotopic (exact) mass is 467 g/mol. The summed E-state index contributed by atoms with van der Waals surface area (Å²) in [5.74, 6) is 0.972. The van der Waals surface area contributed by atoms with Gasteiger partial charge in [0.15, 0.2) is 5.13 Å². The number of amides is 1. The largest absolute Gasteiger partial charge is 0.308 e. The van der Waals surface area contributed by atoms with Crippen LogP contribution in [0.5, 0.6) is 0 Å². The van der Waals surface area contributed by atoms with Crippen molar-refractivity contribution in [3.05, 3.63) is 52.5 Å². The number of nitrogens with zero attached hydrogens (tertiary/aromatic N) is 3. The van der Waals surface area contributed by atoms with Gasteiger partial charge in [-0.15, -0.1) is 11.8 Å². The molecule has 0 aliphatic heterocycles. The Labute approximate surface area is 189 Å². The van der Waals surface area contributed by atoms with Crippen molar-refractivity contribution in [1.82, 2.24) is 9.88 Å². The standard InChI is InChI=1S/C21H23Cl2N3OS2/c1-25(2)12-13-26(21-24-20-17(23)5-3-6-18(20)29-21)19(27)7-4-14-28-16-10-8-15(22)9-11-16/h3,5-6,8-11H,4,7,12-14H2,1-2H3. The van der Waals surface area contributed by atoms with Crippen molar-refractivity contribution >= 4 is 67.6 Å². The minimum atomic E-state index is 0.0961. The highest BCUT2D eigenvalue weighted by Gasteiger charge is 2.20. The lowest BCUT2D eigenvalue weighted by molar-refractivity contribution is -0.118. The second-order valence-electron chi connectivity index (χ2n) is 6.84. The van der Waals surface area contributed by atoms with E-state index in [2.05, 4.69) is 9.88 Å². The molecule has 0 spiro atoms. The lowest BCUT2D eigenvalue weighted by Gasteiger charge is -2.22. The van der Waals surface area contributed by atoms with Crippen molar-refractivity contribution in [3.8, 4) is 0 Å². The lowest BCUT2D eigenvalue weighted by atomic mass is 10.3. The first-order chi connectivity index (χ1) is 13.9. The fourth-order valence-electron chi connectivity index (χ4n) is 2.72. The van der Waals surface area contributed by atoms with E-state index in [1.807, 2.05) is 56.6 Å². The Morgan fingerprint density at radius 2 is 1.86 bits per heavy atom. The number of thioether (sulfide) groups is 1. The van der Waals surface area contributed by atoms with Crippen LogP contribution < -0.4 is 4.90 Å². The summed E-state index contributed by atoms with van der Waals surface area (Å²) in [7, 11) is 4.00. The molecule has 3 aromatic rings. The predicted octanol–water partition coefficient (Wildman–Crippen LogP) is 6.07. The molecule has 0 radical (unpaired) electrons. The molecule has 0 aliphatic rings. The number of carbonyl (C=O) groups excluding carboxylic acids is 1. The molecule has 0 unspecified atom stereocenters. The Kier molecular flexibility index (Phi) is 8.21. The first-order valence-corrected chi connectivity index (χ1v) is 11.9. The lowest BCUT2D eigenvalue weighted by Crippen LogP contribution is -2.36. The van der Waals surface area contributed by atoms with Crippen LogP contribution in [0, 0.1) is 0 Å². The van der Waals surface area contributed by atoms with Gasteiger partial charge in [-0.05, 0) is 62.7 Å². The van der Waals surface area contributed by atoms with Crippen LogP contribution in [0.1, 0.15) is 12.8 Å². The van der Waals surface area contributed by atoms with Crippen molar-refractivity contribution in [2.75, 3.05) is 37.8 Å². The smallest absolute Gasteiger partial charge is 0.228 e. The summed E-state index contributed by atoms with van der Waals surface area (Å²) in [5.41, 5.74) is 0.759. The van der Waals surface area contributed by atoms with Crippen LogP contribution in [0.25, 0.3) is 10.2 Å². The van der Waals surface area contributed by atoms with Gasteiger partial charge in [0, 0.05) is 29.4 Å². The summed E-state index contributed by atoms with van der Waals surface area (Å²) in [5, 5.41) is 2.06. The SMILES string of the molecule is CN(C)CCN(C(=O)CCCSc1ccc(Cl)cc1)c1nc2c(Cl)cccc2s1. The van der Waals surface area contributed by atoms with Crippen LogP contribution >= 0.6 is 46.3 Å². The van der Waals surface area contributed by atoms with E-state index in [0.717, 1.165) is 38.9 Å². The Morgan fingerprint density at radius 3 is 2.55 bits per heavy atom. The molecule has 1 heterocycles. The molecule has 1 amide bonds. The molecule has 0 bridgehead atoms. The van der Waals surface area contributed by atoms with Gasteiger partial charge in [0.05, 0.1) is 9.72 Å². The van der Waals surface area contributed by atoms with E-state index in [4.69, 9.17) is 23.2 Å². The number of anilines is 1. The van der Waals surface area contributed by atoms with Crippen molar-refractivity contribution in [2.24, 2.45) is 0 Å². The summed E-state index contributed by atoms with van der Waals surface area (Å²) < 4.78 is 0.994. The van der Waals surface area contributed by atoms with Gasteiger partial charge in [0.2, 0.25) is 5.91 Å². The molecule has 0 fully saturated rings. The number of carbonyl (C=O) groups is 1. The molecule has 3 rings (SSSR count). The second-order valence-corrected chi connectivity index (χ2v) is 9.86. The van der Waals surface area contributed by atoms with Gasteiger partial charge in [-0.25, -0.2) is 4.98 Å². The Balaban J connectivity index is 1.64. The number of hydrogen-bond donors (Lipinski definition) is 0. The van der Waals surface area contributed by atoms with E-state index in [0.29, 0.717) is 23.1 Å². The number of halogens is 2. The summed E-state index contributed by atoms with van der Waals surface area (Å²) >= 11 is 15.4.